The summed E-state index contributed by atoms with van der Waals surface area (Å²) >= 11 is 0. The minimum absolute atomic E-state index is 0.00286. The van der Waals surface area contributed by atoms with Gasteiger partial charge in [0.1, 0.15) is 0 Å². The quantitative estimate of drug-likeness (QED) is 0.208. The molecular formula is C25H42O2. The van der Waals surface area contributed by atoms with Gasteiger partial charge in [-0.25, -0.2) is 0 Å². The number of aryl methyl sites for hydroxylation is 1. The van der Waals surface area contributed by atoms with Gasteiger partial charge in [-0.05, 0) is 37.2 Å². The van der Waals surface area contributed by atoms with Crippen LogP contribution < -0.4 is 0 Å². The van der Waals surface area contributed by atoms with Gasteiger partial charge in [-0.2, -0.15) is 0 Å². The number of rotatable bonds is 17. The third kappa shape index (κ3) is 14.4. The van der Waals surface area contributed by atoms with Crippen LogP contribution in [0.1, 0.15) is 103 Å². The van der Waals surface area contributed by atoms with E-state index in [9.17, 15) is 4.79 Å². The minimum Gasteiger partial charge on any atom is -0.465 e. The molecule has 0 aromatic heterocycles. The second-order valence-electron chi connectivity index (χ2n) is 8.10. The van der Waals surface area contributed by atoms with Crippen molar-refractivity contribution in [3.8, 4) is 0 Å². The largest absolute Gasteiger partial charge is 0.465 e. The van der Waals surface area contributed by atoms with Crippen molar-refractivity contribution in [2.75, 3.05) is 6.61 Å². The normalized spacial score (nSPS) is 12.1. The van der Waals surface area contributed by atoms with E-state index in [4.69, 9.17) is 4.74 Å². The van der Waals surface area contributed by atoms with Gasteiger partial charge in [-0.1, -0.05) is 102 Å². The first-order valence-electron chi connectivity index (χ1n) is 11.4. The zero-order valence-electron chi connectivity index (χ0n) is 17.9. The van der Waals surface area contributed by atoms with Crippen LogP contribution in [0.2, 0.25) is 0 Å². The number of ether oxygens (including phenoxy) is 1. The van der Waals surface area contributed by atoms with Gasteiger partial charge in [-0.15, -0.1) is 0 Å². The Labute approximate surface area is 168 Å². The van der Waals surface area contributed by atoms with E-state index in [1.165, 1.54) is 76.2 Å². The molecule has 0 saturated carbocycles. The number of hydrogen-bond donors (Lipinski definition) is 0. The highest BCUT2D eigenvalue weighted by Crippen LogP contribution is 2.13. The fraction of sp³-hybridized carbons (Fsp3) is 0.720. The molecule has 0 aliphatic heterocycles. The summed E-state index contributed by atoms with van der Waals surface area (Å²) in [6.45, 7) is 5.04. The molecule has 0 aliphatic carbocycles. The molecule has 1 rings (SSSR count). The molecule has 0 fully saturated rings. The van der Waals surface area contributed by atoms with Gasteiger partial charge >= 0.3 is 5.97 Å². The summed E-state index contributed by atoms with van der Waals surface area (Å²) < 4.78 is 5.44. The van der Waals surface area contributed by atoms with Crippen LogP contribution in [0, 0.1) is 5.92 Å². The Balaban J connectivity index is 1.86. The van der Waals surface area contributed by atoms with E-state index in [-0.39, 0.29) is 5.97 Å². The molecule has 1 unspecified atom stereocenters. The average molecular weight is 375 g/mol. The lowest BCUT2D eigenvalue weighted by Gasteiger charge is -2.12. The number of carbonyl (C=O) groups excluding carboxylic acids is 1. The van der Waals surface area contributed by atoms with Crippen LogP contribution in [-0.2, 0) is 16.0 Å². The Morgan fingerprint density at radius 3 is 2.22 bits per heavy atom. The van der Waals surface area contributed by atoms with Crippen LogP contribution in [0.3, 0.4) is 0 Å². The molecule has 154 valence electrons. The van der Waals surface area contributed by atoms with Gasteiger partial charge in [0, 0.05) is 6.42 Å². The van der Waals surface area contributed by atoms with Crippen molar-refractivity contribution in [3.63, 3.8) is 0 Å². The predicted molar refractivity (Wildman–Crippen MR) is 116 cm³/mol. The summed E-state index contributed by atoms with van der Waals surface area (Å²) in [5.41, 5.74) is 1.44. The molecule has 1 atom stereocenters. The van der Waals surface area contributed by atoms with Crippen LogP contribution in [0.4, 0.5) is 0 Å². The molecule has 0 bridgehead atoms. The second-order valence-corrected chi connectivity index (χ2v) is 8.10. The summed E-state index contributed by atoms with van der Waals surface area (Å²) in [7, 11) is 0. The highest BCUT2D eigenvalue weighted by atomic mass is 16.5. The van der Waals surface area contributed by atoms with E-state index in [2.05, 4.69) is 44.2 Å². The maximum atomic E-state index is 11.8. The molecule has 1 aromatic carbocycles. The van der Waals surface area contributed by atoms with Gasteiger partial charge in [-0.3, -0.25) is 4.79 Å². The van der Waals surface area contributed by atoms with Crippen LogP contribution in [0.15, 0.2) is 30.3 Å². The van der Waals surface area contributed by atoms with Gasteiger partial charge in [0.15, 0.2) is 0 Å². The van der Waals surface area contributed by atoms with Crippen molar-refractivity contribution >= 4 is 5.97 Å². The molecular weight excluding hydrogens is 332 g/mol. The van der Waals surface area contributed by atoms with Crippen molar-refractivity contribution in [3.05, 3.63) is 35.9 Å². The van der Waals surface area contributed by atoms with E-state index in [1.807, 2.05) is 0 Å². The Kier molecular flexibility index (Phi) is 14.8. The van der Waals surface area contributed by atoms with Gasteiger partial charge in [0.2, 0.25) is 0 Å². The van der Waals surface area contributed by atoms with Crippen LogP contribution in [0.25, 0.3) is 0 Å². The van der Waals surface area contributed by atoms with Crippen molar-refractivity contribution in [1.29, 1.82) is 0 Å². The smallest absolute Gasteiger partial charge is 0.305 e. The van der Waals surface area contributed by atoms with E-state index in [0.29, 0.717) is 18.9 Å². The summed E-state index contributed by atoms with van der Waals surface area (Å²) in [6, 6.07) is 10.7. The predicted octanol–water partition coefficient (Wildman–Crippen LogP) is 7.50. The van der Waals surface area contributed by atoms with Crippen molar-refractivity contribution in [1.82, 2.24) is 0 Å². The maximum Gasteiger partial charge on any atom is 0.305 e. The van der Waals surface area contributed by atoms with Crippen molar-refractivity contribution in [2.45, 2.75) is 104 Å². The summed E-state index contributed by atoms with van der Waals surface area (Å²) in [5.74, 6) is 0.497. The minimum atomic E-state index is -0.00286. The lowest BCUT2D eigenvalue weighted by atomic mass is 10.0. The standard InChI is InChI=1S/C25H42O2/c1-3-4-5-8-12-17-23(2)22-27-25(26)21-16-10-7-6-9-13-18-24-19-14-11-15-20-24/h11,14-15,19-20,23H,3-10,12-13,16-18,21-22H2,1-2H3. The maximum absolute atomic E-state index is 11.8. The van der Waals surface area contributed by atoms with E-state index in [0.717, 1.165) is 12.8 Å². The monoisotopic (exact) mass is 374 g/mol. The Hall–Kier alpha value is -1.31. The first-order valence-corrected chi connectivity index (χ1v) is 11.4. The van der Waals surface area contributed by atoms with E-state index in [1.54, 1.807) is 0 Å². The third-order valence-corrected chi connectivity index (χ3v) is 5.27. The highest BCUT2D eigenvalue weighted by molar-refractivity contribution is 5.69. The number of unbranched alkanes of at least 4 members (excludes halogenated alkanes) is 9. The molecule has 0 aliphatic rings. The second kappa shape index (κ2) is 16.8. The molecule has 0 amide bonds. The van der Waals surface area contributed by atoms with Gasteiger partial charge in [0.25, 0.3) is 0 Å². The van der Waals surface area contributed by atoms with Crippen molar-refractivity contribution in [2.24, 2.45) is 5.92 Å². The fourth-order valence-electron chi connectivity index (χ4n) is 3.44. The van der Waals surface area contributed by atoms with E-state index >= 15 is 0 Å². The van der Waals surface area contributed by atoms with Crippen molar-refractivity contribution < 1.29 is 9.53 Å². The SMILES string of the molecule is CCCCCCCC(C)COC(=O)CCCCCCCCc1ccccc1. The van der Waals surface area contributed by atoms with Gasteiger partial charge in [0.05, 0.1) is 6.61 Å². The molecule has 2 nitrogen and oxygen atoms in total. The number of benzene rings is 1. The molecule has 0 N–H and O–H groups in total. The highest BCUT2D eigenvalue weighted by Gasteiger charge is 2.07. The Bertz CT molecular complexity index is 455. The van der Waals surface area contributed by atoms with Crippen LogP contribution in [-0.4, -0.2) is 12.6 Å². The average Bonchev–Trinajstić information content (AvgIpc) is 2.69. The Morgan fingerprint density at radius 1 is 0.852 bits per heavy atom. The zero-order chi connectivity index (χ0) is 19.6. The van der Waals surface area contributed by atoms with E-state index < -0.39 is 0 Å². The van der Waals surface area contributed by atoms with Crippen LogP contribution >= 0.6 is 0 Å². The van der Waals surface area contributed by atoms with Crippen LogP contribution in [0.5, 0.6) is 0 Å². The molecule has 0 heterocycles. The number of carbonyl (C=O) groups is 1. The molecule has 1 aromatic rings. The molecule has 0 spiro atoms. The lowest BCUT2D eigenvalue weighted by molar-refractivity contribution is -0.145. The number of hydrogen-bond acceptors (Lipinski definition) is 2. The summed E-state index contributed by atoms with van der Waals surface area (Å²) in [4.78, 5) is 11.8. The molecule has 2 heteroatoms. The van der Waals surface area contributed by atoms with Gasteiger partial charge < -0.3 is 4.74 Å². The number of esters is 1. The topological polar surface area (TPSA) is 26.3 Å². The molecule has 27 heavy (non-hydrogen) atoms. The molecule has 0 saturated heterocycles. The lowest BCUT2D eigenvalue weighted by Crippen LogP contribution is -2.11. The summed E-state index contributed by atoms with van der Waals surface area (Å²) in [5, 5.41) is 0. The zero-order valence-corrected chi connectivity index (χ0v) is 17.9. The first-order chi connectivity index (χ1) is 13.2. The molecule has 0 radical (unpaired) electrons. The Morgan fingerprint density at radius 2 is 1.48 bits per heavy atom. The third-order valence-electron chi connectivity index (χ3n) is 5.27. The first kappa shape index (κ1) is 23.7. The summed E-state index contributed by atoms with van der Waals surface area (Å²) in [6.07, 6.45) is 16.7. The fourth-order valence-corrected chi connectivity index (χ4v) is 3.44.